The van der Waals surface area contributed by atoms with Crippen molar-refractivity contribution in [3.05, 3.63) is 18.2 Å². The van der Waals surface area contributed by atoms with Crippen LogP contribution in [0.15, 0.2) is 18.2 Å². The molecule has 3 nitrogen and oxygen atoms in total. The predicted molar refractivity (Wildman–Crippen MR) is 57.2 cm³/mol. The lowest BCUT2D eigenvalue weighted by atomic mass is 10.2. The molecule has 0 saturated heterocycles. The number of rotatable bonds is 1. The van der Waals surface area contributed by atoms with Gasteiger partial charge >= 0.3 is 0 Å². The predicted octanol–water partition coefficient (Wildman–Crippen LogP) is 2.07. The summed E-state index contributed by atoms with van der Waals surface area (Å²) in [5.41, 5.74) is 12.2. The first-order valence-corrected chi connectivity index (χ1v) is 4.65. The standard InChI is InChI=1S/C9H10N2OS/c1-12-7-3-2-6(10)5-4-8(11)13-9(5)7/h2-4H,10-11H2,1H3. The van der Waals surface area contributed by atoms with Crippen LogP contribution < -0.4 is 16.2 Å². The minimum Gasteiger partial charge on any atom is -0.495 e. The molecule has 0 atom stereocenters. The minimum atomic E-state index is 0.740. The highest BCUT2D eigenvalue weighted by Crippen LogP contribution is 2.37. The van der Waals surface area contributed by atoms with Gasteiger partial charge in [0.1, 0.15) is 5.75 Å². The second-order valence-corrected chi connectivity index (χ2v) is 3.83. The summed E-state index contributed by atoms with van der Waals surface area (Å²) in [5.74, 6) is 0.825. The average Bonchev–Trinajstić information content (AvgIpc) is 2.48. The van der Waals surface area contributed by atoms with Crippen molar-refractivity contribution >= 4 is 32.1 Å². The van der Waals surface area contributed by atoms with Crippen LogP contribution in [0.2, 0.25) is 0 Å². The molecule has 0 radical (unpaired) electrons. The third-order valence-electron chi connectivity index (χ3n) is 1.92. The largest absolute Gasteiger partial charge is 0.495 e. The van der Waals surface area contributed by atoms with Gasteiger partial charge in [0.2, 0.25) is 0 Å². The van der Waals surface area contributed by atoms with Crippen molar-refractivity contribution in [1.29, 1.82) is 0 Å². The number of fused-ring (bicyclic) bond motifs is 1. The molecule has 0 aliphatic heterocycles. The van der Waals surface area contributed by atoms with Crippen molar-refractivity contribution in [1.82, 2.24) is 0 Å². The van der Waals surface area contributed by atoms with Crippen molar-refractivity contribution in [3.63, 3.8) is 0 Å². The number of nitrogens with two attached hydrogens (primary N) is 2. The van der Waals surface area contributed by atoms with E-state index in [0.29, 0.717) is 0 Å². The van der Waals surface area contributed by atoms with Crippen molar-refractivity contribution in [2.45, 2.75) is 0 Å². The molecule has 4 heteroatoms. The molecule has 1 heterocycles. The van der Waals surface area contributed by atoms with Crippen LogP contribution in [0.3, 0.4) is 0 Å². The third kappa shape index (κ3) is 1.19. The Bertz CT molecular complexity index is 450. The van der Waals surface area contributed by atoms with Gasteiger partial charge in [-0.05, 0) is 18.2 Å². The SMILES string of the molecule is COc1ccc(N)c2cc(N)sc12. The number of thiophene rings is 1. The van der Waals surface area contributed by atoms with Crippen LogP contribution in [0.1, 0.15) is 0 Å². The summed E-state index contributed by atoms with van der Waals surface area (Å²) in [6.07, 6.45) is 0. The molecule has 2 rings (SSSR count). The van der Waals surface area contributed by atoms with Gasteiger partial charge < -0.3 is 16.2 Å². The summed E-state index contributed by atoms with van der Waals surface area (Å²) < 4.78 is 6.21. The highest BCUT2D eigenvalue weighted by molar-refractivity contribution is 7.23. The van der Waals surface area contributed by atoms with Crippen LogP contribution in [-0.2, 0) is 0 Å². The van der Waals surface area contributed by atoms with E-state index in [1.165, 1.54) is 11.3 Å². The zero-order valence-electron chi connectivity index (χ0n) is 7.20. The quantitative estimate of drug-likeness (QED) is 0.683. The molecule has 0 fully saturated rings. The highest BCUT2D eigenvalue weighted by atomic mass is 32.1. The molecule has 0 amide bonds. The Morgan fingerprint density at radius 2 is 2.08 bits per heavy atom. The molecule has 0 bridgehead atoms. The molecule has 68 valence electrons. The number of ether oxygens (including phenoxy) is 1. The fourth-order valence-electron chi connectivity index (χ4n) is 1.30. The maximum Gasteiger partial charge on any atom is 0.136 e. The number of hydrogen-bond acceptors (Lipinski definition) is 4. The lowest BCUT2D eigenvalue weighted by Gasteiger charge is -2.02. The molecule has 0 unspecified atom stereocenters. The molecular formula is C9H10N2OS. The summed E-state index contributed by atoms with van der Waals surface area (Å²) in [5, 5.41) is 1.73. The average molecular weight is 194 g/mol. The molecule has 0 spiro atoms. The normalized spacial score (nSPS) is 10.5. The van der Waals surface area contributed by atoms with Crippen LogP contribution in [0.25, 0.3) is 10.1 Å². The molecule has 0 saturated carbocycles. The first-order valence-electron chi connectivity index (χ1n) is 3.84. The lowest BCUT2D eigenvalue weighted by molar-refractivity contribution is 0.420. The second-order valence-electron chi connectivity index (χ2n) is 2.75. The van der Waals surface area contributed by atoms with Crippen LogP contribution in [-0.4, -0.2) is 7.11 Å². The molecule has 4 N–H and O–H groups in total. The van der Waals surface area contributed by atoms with Crippen molar-refractivity contribution in [3.8, 4) is 5.75 Å². The van der Waals surface area contributed by atoms with Crippen LogP contribution >= 0.6 is 11.3 Å². The van der Waals surface area contributed by atoms with Gasteiger partial charge in [-0.1, -0.05) is 0 Å². The summed E-state index contributed by atoms with van der Waals surface area (Å²) in [4.78, 5) is 0. The number of benzene rings is 1. The van der Waals surface area contributed by atoms with Gasteiger partial charge in [0.05, 0.1) is 16.8 Å². The summed E-state index contributed by atoms with van der Waals surface area (Å²) >= 11 is 1.49. The molecule has 0 aliphatic carbocycles. The summed E-state index contributed by atoms with van der Waals surface area (Å²) in [6.45, 7) is 0. The maximum absolute atomic E-state index is 5.79. The van der Waals surface area contributed by atoms with E-state index in [1.807, 2.05) is 18.2 Å². The Labute approximate surface area is 79.9 Å². The van der Waals surface area contributed by atoms with E-state index < -0.39 is 0 Å². The first-order chi connectivity index (χ1) is 6.22. The van der Waals surface area contributed by atoms with Gasteiger partial charge in [0.25, 0.3) is 0 Å². The Hall–Kier alpha value is -1.42. The first kappa shape index (κ1) is 8.19. The second kappa shape index (κ2) is 2.81. The summed E-state index contributed by atoms with van der Waals surface area (Å²) in [6, 6.07) is 5.55. The molecule has 2 aromatic rings. The Morgan fingerprint density at radius 1 is 1.31 bits per heavy atom. The van der Waals surface area contributed by atoms with E-state index in [2.05, 4.69) is 0 Å². The van der Waals surface area contributed by atoms with E-state index in [0.717, 1.165) is 26.5 Å². The Kier molecular flexibility index (Phi) is 1.77. The maximum atomic E-state index is 5.79. The number of methoxy groups -OCH3 is 1. The van der Waals surface area contributed by atoms with Crippen molar-refractivity contribution in [2.24, 2.45) is 0 Å². The van der Waals surface area contributed by atoms with Gasteiger partial charge in [0.15, 0.2) is 0 Å². The molecule has 13 heavy (non-hydrogen) atoms. The molecule has 1 aromatic heterocycles. The number of nitrogen functional groups attached to an aromatic ring is 2. The van der Waals surface area contributed by atoms with E-state index in [-0.39, 0.29) is 0 Å². The Balaban J connectivity index is 2.83. The third-order valence-corrected chi connectivity index (χ3v) is 2.90. The fourth-order valence-corrected chi connectivity index (χ4v) is 2.25. The van der Waals surface area contributed by atoms with E-state index in [4.69, 9.17) is 16.2 Å². The van der Waals surface area contributed by atoms with Crippen LogP contribution in [0.5, 0.6) is 5.75 Å². The van der Waals surface area contributed by atoms with E-state index >= 15 is 0 Å². The zero-order valence-corrected chi connectivity index (χ0v) is 8.02. The van der Waals surface area contributed by atoms with Crippen LogP contribution in [0.4, 0.5) is 10.7 Å². The summed E-state index contributed by atoms with van der Waals surface area (Å²) in [7, 11) is 1.64. The van der Waals surface area contributed by atoms with E-state index in [9.17, 15) is 0 Å². The van der Waals surface area contributed by atoms with Gasteiger partial charge in [-0.2, -0.15) is 0 Å². The Morgan fingerprint density at radius 3 is 2.77 bits per heavy atom. The van der Waals surface area contributed by atoms with Gasteiger partial charge in [0, 0.05) is 11.1 Å². The van der Waals surface area contributed by atoms with Gasteiger partial charge in [-0.3, -0.25) is 0 Å². The molecule has 0 aliphatic rings. The van der Waals surface area contributed by atoms with Crippen molar-refractivity contribution < 1.29 is 4.74 Å². The zero-order chi connectivity index (χ0) is 9.42. The topological polar surface area (TPSA) is 61.3 Å². The lowest BCUT2D eigenvalue weighted by Crippen LogP contribution is -1.87. The molecule has 1 aromatic carbocycles. The van der Waals surface area contributed by atoms with E-state index in [1.54, 1.807) is 7.11 Å². The number of hydrogen-bond donors (Lipinski definition) is 2. The minimum absolute atomic E-state index is 0.740. The van der Waals surface area contributed by atoms with Gasteiger partial charge in [-0.25, -0.2) is 0 Å². The molecular weight excluding hydrogens is 184 g/mol. The smallest absolute Gasteiger partial charge is 0.136 e. The monoisotopic (exact) mass is 194 g/mol. The fraction of sp³-hybridized carbons (Fsp3) is 0.111. The van der Waals surface area contributed by atoms with Crippen LogP contribution in [0, 0.1) is 0 Å². The van der Waals surface area contributed by atoms with Gasteiger partial charge in [-0.15, -0.1) is 11.3 Å². The highest BCUT2D eigenvalue weighted by Gasteiger charge is 2.07. The van der Waals surface area contributed by atoms with Crippen molar-refractivity contribution in [2.75, 3.05) is 18.6 Å². The number of anilines is 2.